The van der Waals surface area contributed by atoms with E-state index in [4.69, 9.17) is 0 Å². The molecule has 0 aliphatic carbocycles. The number of hydrogen-bond acceptors (Lipinski definition) is 6. The van der Waals surface area contributed by atoms with Gasteiger partial charge in [-0.25, -0.2) is 14.4 Å². The quantitative estimate of drug-likeness (QED) is 0.0982. The maximum absolute atomic E-state index is 12.6. The third-order valence-electron chi connectivity index (χ3n) is 5.36. The Hall–Kier alpha value is -3.45. The van der Waals surface area contributed by atoms with E-state index in [-0.39, 0.29) is 25.7 Å². The zero-order valence-corrected chi connectivity index (χ0v) is 23.2. The molecule has 3 N–H and O–H groups in total. The van der Waals surface area contributed by atoms with E-state index >= 15 is 0 Å². The van der Waals surface area contributed by atoms with Gasteiger partial charge in [0.15, 0.2) is 0 Å². The molecule has 284 valence electrons. The van der Waals surface area contributed by atoms with Crippen LogP contribution in [0.15, 0.2) is 0 Å². The Bertz CT molecular complexity index is 981. The van der Waals surface area contributed by atoms with Crippen molar-refractivity contribution in [1.82, 2.24) is 16.0 Å². The summed E-state index contributed by atoms with van der Waals surface area (Å²) in [5, 5.41) is 4.61. The highest BCUT2D eigenvalue weighted by molar-refractivity contribution is 5.68. The standard InChI is InChI=1S/C21H23F18N3O6/c22-16(23,24)10(17(25,26)27)46-13(43)40-6-2-1-4-9(8-42-15(45)48-12(20(34,35)36)21(37,38)39)5-3-7-41-14(44)47-11(18(28,29)30)19(31,32)33/h9-12H,1-8H2,(H,40,43)(H,41,44)(H,42,45). The van der Waals surface area contributed by atoms with Gasteiger partial charge in [-0.05, 0) is 31.6 Å². The second kappa shape index (κ2) is 17.3. The van der Waals surface area contributed by atoms with Crippen molar-refractivity contribution in [3.63, 3.8) is 0 Å². The summed E-state index contributed by atoms with van der Waals surface area (Å²) in [6.07, 6.45) is -58.0. The second-order valence-corrected chi connectivity index (χ2v) is 9.34. The fraction of sp³-hybridized carbons (Fsp3) is 0.857. The summed E-state index contributed by atoms with van der Waals surface area (Å²) in [4.78, 5) is 34.3. The maximum Gasteiger partial charge on any atom is 0.434 e. The molecule has 0 saturated carbocycles. The van der Waals surface area contributed by atoms with E-state index < -0.39 is 106 Å². The van der Waals surface area contributed by atoms with Crippen LogP contribution in [0.3, 0.4) is 0 Å². The summed E-state index contributed by atoms with van der Waals surface area (Å²) in [7, 11) is 0. The number of ether oxygens (including phenoxy) is 3. The molecule has 0 aromatic carbocycles. The highest BCUT2D eigenvalue weighted by atomic mass is 19.4. The number of carbonyl (C=O) groups excluding carboxylic acids is 3. The zero-order valence-electron chi connectivity index (χ0n) is 23.2. The number of hydrogen-bond donors (Lipinski definition) is 3. The van der Waals surface area contributed by atoms with Gasteiger partial charge in [0.2, 0.25) is 0 Å². The van der Waals surface area contributed by atoms with Crippen LogP contribution in [0.2, 0.25) is 0 Å². The van der Waals surface area contributed by atoms with E-state index in [0.717, 1.165) is 0 Å². The van der Waals surface area contributed by atoms with Gasteiger partial charge >= 0.3 is 55.3 Å². The molecular weight excluding hydrogens is 732 g/mol. The summed E-state index contributed by atoms with van der Waals surface area (Å²) in [5.41, 5.74) is 0. The van der Waals surface area contributed by atoms with Crippen molar-refractivity contribution < 1.29 is 108 Å². The molecule has 1 atom stereocenters. The van der Waals surface area contributed by atoms with Gasteiger partial charge in [0.1, 0.15) is 0 Å². The number of carbonyl (C=O) groups is 3. The highest BCUT2D eigenvalue weighted by Gasteiger charge is 2.61. The monoisotopic (exact) mass is 755 g/mol. The van der Waals surface area contributed by atoms with Crippen molar-refractivity contribution in [2.24, 2.45) is 5.92 Å². The predicted octanol–water partition coefficient (Wildman–Crippen LogP) is 7.21. The lowest BCUT2D eigenvalue weighted by Gasteiger charge is -2.24. The summed E-state index contributed by atoms with van der Waals surface area (Å²) in [5.74, 6) is -1.05. The van der Waals surface area contributed by atoms with Gasteiger partial charge in [-0.1, -0.05) is 6.42 Å². The fourth-order valence-electron chi connectivity index (χ4n) is 3.31. The van der Waals surface area contributed by atoms with E-state index in [2.05, 4.69) is 14.2 Å². The third-order valence-corrected chi connectivity index (χ3v) is 5.36. The summed E-state index contributed by atoms with van der Waals surface area (Å²) in [6, 6.07) is 0. The average Bonchev–Trinajstić information content (AvgIpc) is 2.85. The summed E-state index contributed by atoms with van der Waals surface area (Å²) >= 11 is 0. The first-order valence-corrected chi connectivity index (χ1v) is 12.6. The molecule has 0 fully saturated rings. The van der Waals surface area contributed by atoms with Crippen LogP contribution < -0.4 is 16.0 Å². The predicted molar refractivity (Wildman–Crippen MR) is 118 cm³/mol. The van der Waals surface area contributed by atoms with Gasteiger partial charge in [0.25, 0.3) is 18.3 Å². The zero-order chi connectivity index (χ0) is 37.9. The summed E-state index contributed by atoms with van der Waals surface area (Å²) in [6.45, 7) is -2.21. The van der Waals surface area contributed by atoms with Crippen LogP contribution in [0.4, 0.5) is 93.4 Å². The topological polar surface area (TPSA) is 115 Å². The number of rotatable bonds is 14. The molecule has 3 amide bonds. The molecule has 0 saturated heterocycles. The molecule has 0 spiro atoms. The van der Waals surface area contributed by atoms with E-state index in [1.54, 1.807) is 10.6 Å². The normalized spacial score (nSPS) is 14.2. The Kier molecular flexibility index (Phi) is 16.0. The second-order valence-electron chi connectivity index (χ2n) is 9.34. The molecule has 48 heavy (non-hydrogen) atoms. The van der Waals surface area contributed by atoms with Crippen LogP contribution in [-0.2, 0) is 14.2 Å². The van der Waals surface area contributed by atoms with Gasteiger partial charge in [0.05, 0.1) is 0 Å². The van der Waals surface area contributed by atoms with Crippen LogP contribution in [0.25, 0.3) is 0 Å². The van der Waals surface area contributed by atoms with Gasteiger partial charge in [0, 0.05) is 19.6 Å². The van der Waals surface area contributed by atoms with Gasteiger partial charge in [-0.3, -0.25) is 0 Å². The molecular formula is C21H23F18N3O6. The van der Waals surface area contributed by atoms with Crippen LogP contribution in [0, 0.1) is 5.92 Å². The van der Waals surface area contributed by atoms with E-state index in [9.17, 15) is 93.4 Å². The largest absolute Gasteiger partial charge is 0.434 e. The number of alkyl carbamates (subject to hydrolysis) is 3. The molecule has 0 aromatic heterocycles. The maximum atomic E-state index is 12.6. The minimum absolute atomic E-state index is 0.189. The van der Waals surface area contributed by atoms with Gasteiger partial charge in [-0.15, -0.1) is 0 Å². The number of alkyl halides is 18. The molecule has 0 aliphatic rings. The Balaban J connectivity index is 5.24. The Labute approximate surface area is 255 Å². The van der Waals surface area contributed by atoms with Crippen LogP contribution >= 0.6 is 0 Å². The Morgan fingerprint density at radius 2 is 0.688 bits per heavy atom. The minimum Gasteiger partial charge on any atom is -0.427 e. The van der Waals surface area contributed by atoms with Crippen molar-refractivity contribution in [3.8, 4) is 0 Å². The number of nitrogens with one attached hydrogen (secondary N) is 3. The Morgan fingerprint density at radius 1 is 0.417 bits per heavy atom. The van der Waals surface area contributed by atoms with Crippen molar-refractivity contribution in [2.75, 3.05) is 19.6 Å². The SMILES string of the molecule is O=C(NCCCCC(CCCNC(=O)OC(C(F)(F)F)C(F)(F)F)CNC(=O)OC(C(F)(F)F)C(F)(F)F)OC(C(F)(F)F)C(F)(F)F. The molecule has 0 heterocycles. The van der Waals surface area contributed by atoms with E-state index in [0.29, 0.717) is 0 Å². The average molecular weight is 755 g/mol. The van der Waals surface area contributed by atoms with Crippen molar-refractivity contribution >= 4 is 18.3 Å². The molecule has 0 aliphatic heterocycles. The van der Waals surface area contributed by atoms with Crippen LogP contribution in [0.1, 0.15) is 32.1 Å². The molecule has 9 nitrogen and oxygen atoms in total. The molecule has 0 bridgehead atoms. The fourth-order valence-corrected chi connectivity index (χ4v) is 3.31. The Morgan fingerprint density at radius 3 is 1.00 bits per heavy atom. The molecule has 0 rings (SSSR count). The molecule has 1 unspecified atom stereocenters. The molecule has 27 heteroatoms. The smallest absolute Gasteiger partial charge is 0.427 e. The first-order chi connectivity index (χ1) is 21.4. The number of unbranched alkanes of at least 4 members (excludes halogenated alkanes) is 1. The molecule has 0 radical (unpaired) electrons. The third kappa shape index (κ3) is 17.6. The number of halogens is 18. The lowest BCUT2D eigenvalue weighted by atomic mass is 9.96. The summed E-state index contributed by atoms with van der Waals surface area (Å²) < 4.78 is 235. The van der Waals surface area contributed by atoms with Gasteiger partial charge in [-0.2, -0.15) is 79.0 Å². The first kappa shape index (κ1) is 44.6. The van der Waals surface area contributed by atoms with Crippen molar-refractivity contribution in [2.45, 2.75) is 87.5 Å². The number of amides is 3. The van der Waals surface area contributed by atoms with Crippen LogP contribution in [-0.4, -0.2) is 93.3 Å². The molecule has 0 aromatic rings. The van der Waals surface area contributed by atoms with Crippen molar-refractivity contribution in [3.05, 3.63) is 0 Å². The van der Waals surface area contributed by atoms with Gasteiger partial charge < -0.3 is 30.2 Å². The van der Waals surface area contributed by atoms with Crippen molar-refractivity contribution in [1.29, 1.82) is 0 Å². The van der Waals surface area contributed by atoms with Crippen LogP contribution in [0.5, 0.6) is 0 Å². The minimum atomic E-state index is -6.10. The first-order valence-electron chi connectivity index (χ1n) is 12.6. The van der Waals surface area contributed by atoms with E-state index in [1.165, 1.54) is 5.32 Å². The lowest BCUT2D eigenvalue weighted by Crippen LogP contribution is -2.47. The van der Waals surface area contributed by atoms with E-state index in [1.807, 2.05) is 0 Å². The lowest BCUT2D eigenvalue weighted by molar-refractivity contribution is -0.307. The highest BCUT2D eigenvalue weighted by Crippen LogP contribution is 2.37.